The number of nitrogens with zero attached hydrogens (tertiary/aromatic N) is 2. The summed E-state index contributed by atoms with van der Waals surface area (Å²) in [4.78, 5) is 30.7. The molecule has 1 aliphatic heterocycles. The lowest BCUT2D eigenvalue weighted by molar-refractivity contribution is -0.140. The van der Waals surface area contributed by atoms with Crippen LogP contribution in [0.2, 0.25) is 0 Å². The second kappa shape index (κ2) is 9.08. The van der Waals surface area contributed by atoms with Gasteiger partial charge in [-0.15, -0.1) is 11.3 Å². The van der Waals surface area contributed by atoms with Crippen molar-refractivity contribution in [3.05, 3.63) is 56.8 Å². The van der Waals surface area contributed by atoms with Crippen LogP contribution in [0.5, 0.6) is 5.75 Å². The number of amides is 1. The van der Waals surface area contributed by atoms with Crippen LogP contribution in [-0.4, -0.2) is 60.9 Å². The van der Waals surface area contributed by atoms with Gasteiger partial charge in [0.1, 0.15) is 11.5 Å². The predicted octanol–water partition coefficient (Wildman–Crippen LogP) is 4.35. The molecule has 1 aromatic heterocycles. The van der Waals surface area contributed by atoms with Gasteiger partial charge in [-0.05, 0) is 61.1 Å². The molecule has 1 saturated heterocycles. The van der Waals surface area contributed by atoms with Crippen LogP contribution in [0.3, 0.4) is 0 Å². The molecule has 1 atom stereocenters. The Balaban J connectivity index is 2.24. The maximum atomic E-state index is 13.2. The Morgan fingerprint density at radius 3 is 2.44 bits per heavy atom. The van der Waals surface area contributed by atoms with Crippen molar-refractivity contribution in [2.45, 2.75) is 39.2 Å². The number of rotatable bonds is 6. The monoisotopic (exact) mass is 456 g/mol. The second-order valence-electron chi connectivity index (χ2n) is 9.43. The minimum atomic E-state index is -0.665. The molecule has 0 spiro atoms. The molecule has 1 aliphatic rings. The number of methoxy groups -OCH3 is 1. The van der Waals surface area contributed by atoms with Crippen molar-refractivity contribution in [2.24, 2.45) is 0 Å². The summed E-state index contributed by atoms with van der Waals surface area (Å²) >= 11 is 1.49. The first kappa shape index (κ1) is 24.0. The Bertz CT molecular complexity index is 1060. The molecule has 1 amide bonds. The number of ether oxygens (including phenoxy) is 1. The van der Waals surface area contributed by atoms with E-state index in [0.717, 1.165) is 16.0 Å². The third-order valence-electron chi connectivity index (χ3n) is 5.80. The fourth-order valence-corrected chi connectivity index (χ4v) is 4.91. The van der Waals surface area contributed by atoms with E-state index in [1.165, 1.54) is 18.4 Å². The minimum absolute atomic E-state index is 0.115. The van der Waals surface area contributed by atoms with Gasteiger partial charge in [-0.3, -0.25) is 9.59 Å². The quantitative estimate of drug-likeness (QED) is 0.398. The van der Waals surface area contributed by atoms with Crippen molar-refractivity contribution in [1.29, 1.82) is 0 Å². The zero-order chi connectivity index (χ0) is 23.8. The highest BCUT2D eigenvalue weighted by molar-refractivity contribution is 7.10. The molecule has 1 fully saturated rings. The zero-order valence-electron chi connectivity index (χ0n) is 19.9. The summed E-state index contributed by atoms with van der Waals surface area (Å²) in [6.07, 6.45) is 0. The van der Waals surface area contributed by atoms with E-state index in [2.05, 4.69) is 20.8 Å². The fraction of sp³-hybridized carbons (Fsp3) is 0.440. The number of benzene rings is 1. The summed E-state index contributed by atoms with van der Waals surface area (Å²) < 4.78 is 5.50. The van der Waals surface area contributed by atoms with Gasteiger partial charge in [0.2, 0.25) is 0 Å². The highest BCUT2D eigenvalue weighted by Crippen LogP contribution is 2.44. The van der Waals surface area contributed by atoms with Gasteiger partial charge < -0.3 is 19.6 Å². The second-order valence-corrected chi connectivity index (χ2v) is 10.4. The van der Waals surface area contributed by atoms with E-state index >= 15 is 0 Å². The van der Waals surface area contributed by atoms with Crippen LogP contribution in [0, 0.1) is 6.92 Å². The number of carbonyl (C=O) groups excluding carboxylic acids is 2. The predicted molar refractivity (Wildman–Crippen MR) is 128 cm³/mol. The number of aryl methyl sites for hydroxylation is 1. The highest BCUT2D eigenvalue weighted by Gasteiger charge is 2.47. The van der Waals surface area contributed by atoms with Crippen molar-refractivity contribution >= 4 is 28.8 Å². The van der Waals surface area contributed by atoms with E-state index in [0.29, 0.717) is 24.4 Å². The van der Waals surface area contributed by atoms with E-state index in [4.69, 9.17) is 4.74 Å². The van der Waals surface area contributed by atoms with E-state index in [-0.39, 0.29) is 16.7 Å². The van der Waals surface area contributed by atoms with Crippen LogP contribution < -0.4 is 4.74 Å². The molecule has 2 heterocycles. The molecule has 0 saturated carbocycles. The molecule has 1 N–H and O–H groups in total. The standard InChI is InChI=1S/C25H32N2O4S/c1-15-10-13-32-23(15)20-19(22(29)24(30)27(20)12-11-26(5)6)21(28)17-14-16(25(2,3)4)8-9-18(17)31-7/h8-10,13-14,20,28H,11-12H2,1-7H3/b21-19+. The van der Waals surface area contributed by atoms with Gasteiger partial charge in [0.05, 0.1) is 24.3 Å². The Morgan fingerprint density at radius 2 is 1.91 bits per heavy atom. The van der Waals surface area contributed by atoms with E-state index in [9.17, 15) is 14.7 Å². The summed E-state index contributed by atoms with van der Waals surface area (Å²) in [5.41, 5.74) is 2.35. The molecule has 1 aromatic carbocycles. The summed E-state index contributed by atoms with van der Waals surface area (Å²) in [5, 5.41) is 13.4. The number of thiophene rings is 1. The summed E-state index contributed by atoms with van der Waals surface area (Å²) in [7, 11) is 5.37. The summed E-state index contributed by atoms with van der Waals surface area (Å²) in [6, 6.07) is 6.93. The lowest BCUT2D eigenvalue weighted by Crippen LogP contribution is -2.35. The van der Waals surface area contributed by atoms with Crippen LogP contribution in [0.15, 0.2) is 35.2 Å². The maximum Gasteiger partial charge on any atom is 0.295 e. The minimum Gasteiger partial charge on any atom is -0.507 e. The van der Waals surface area contributed by atoms with Gasteiger partial charge in [0.15, 0.2) is 0 Å². The van der Waals surface area contributed by atoms with Crippen LogP contribution in [0.25, 0.3) is 5.76 Å². The van der Waals surface area contributed by atoms with Crippen molar-refractivity contribution in [2.75, 3.05) is 34.3 Å². The molecular formula is C25H32N2O4S. The van der Waals surface area contributed by atoms with Gasteiger partial charge in [-0.25, -0.2) is 0 Å². The van der Waals surface area contributed by atoms with Gasteiger partial charge in [-0.2, -0.15) is 0 Å². The smallest absolute Gasteiger partial charge is 0.295 e. The molecule has 1 unspecified atom stereocenters. The molecule has 0 radical (unpaired) electrons. The molecule has 32 heavy (non-hydrogen) atoms. The Morgan fingerprint density at radius 1 is 1.22 bits per heavy atom. The van der Waals surface area contributed by atoms with E-state index < -0.39 is 17.7 Å². The summed E-state index contributed by atoms with van der Waals surface area (Å²) in [6.45, 7) is 9.18. The SMILES string of the molecule is COc1ccc(C(C)(C)C)cc1/C(O)=C1\C(=O)C(=O)N(CCN(C)C)C1c1sccc1C. The van der Waals surface area contributed by atoms with Crippen LogP contribution in [0.4, 0.5) is 0 Å². The first-order valence-electron chi connectivity index (χ1n) is 10.6. The number of aliphatic hydroxyl groups excluding tert-OH is 1. The van der Waals surface area contributed by atoms with E-state index in [1.807, 2.05) is 49.5 Å². The van der Waals surface area contributed by atoms with Crippen LogP contribution >= 0.6 is 11.3 Å². The maximum absolute atomic E-state index is 13.2. The molecule has 6 nitrogen and oxygen atoms in total. The van der Waals surface area contributed by atoms with E-state index in [1.54, 1.807) is 11.0 Å². The normalized spacial score (nSPS) is 18.6. The number of hydrogen-bond acceptors (Lipinski definition) is 6. The molecule has 3 rings (SSSR count). The number of carbonyl (C=O) groups is 2. The first-order chi connectivity index (χ1) is 15.0. The van der Waals surface area contributed by atoms with Gasteiger partial charge in [-0.1, -0.05) is 26.8 Å². The van der Waals surface area contributed by atoms with Crippen molar-refractivity contribution in [3.8, 4) is 5.75 Å². The molecule has 2 aromatic rings. The molecular weight excluding hydrogens is 424 g/mol. The summed E-state index contributed by atoms with van der Waals surface area (Å²) in [5.74, 6) is -0.993. The van der Waals surface area contributed by atoms with Crippen molar-refractivity contribution in [3.63, 3.8) is 0 Å². The average molecular weight is 457 g/mol. The average Bonchev–Trinajstić information content (AvgIpc) is 3.25. The van der Waals surface area contributed by atoms with Crippen molar-refractivity contribution in [1.82, 2.24) is 9.80 Å². The highest BCUT2D eigenvalue weighted by atomic mass is 32.1. The Kier molecular flexibility index (Phi) is 6.81. The number of hydrogen-bond donors (Lipinski definition) is 1. The molecule has 172 valence electrons. The molecule has 0 bridgehead atoms. The third-order valence-corrected chi connectivity index (χ3v) is 6.87. The number of ketones is 1. The van der Waals surface area contributed by atoms with Crippen molar-refractivity contribution < 1.29 is 19.4 Å². The van der Waals surface area contributed by atoms with Crippen LogP contribution in [-0.2, 0) is 15.0 Å². The van der Waals surface area contributed by atoms with Gasteiger partial charge in [0.25, 0.3) is 11.7 Å². The lowest BCUT2D eigenvalue weighted by atomic mass is 9.85. The fourth-order valence-electron chi connectivity index (χ4n) is 3.86. The number of Topliss-reactive ketones (excluding diaryl/α,β-unsaturated/α-hetero) is 1. The number of aliphatic hydroxyl groups is 1. The number of likely N-dealkylation sites (N-methyl/N-ethyl adjacent to an activating group) is 1. The largest absolute Gasteiger partial charge is 0.507 e. The lowest BCUT2D eigenvalue weighted by Gasteiger charge is -2.26. The number of likely N-dealkylation sites (tertiary alicyclic amines) is 1. The zero-order valence-corrected chi connectivity index (χ0v) is 20.7. The van der Waals surface area contributed by atoms with Crippen LogP contribution in [0.1, 0.15) is 48.4 Å². The Hall–Kier alpha value is -2.64. The molecule has 7 heteroatoms. The first-order valence-corrected chi connectivity index (χ1v) is 11.5. The van der Waals surface area contributed by atoms with Gasteiger partial charge in [0, 0.05) is 18.0 Å². The topological polar surface area (TPSA) is 70.1 Å². The Labute approximate surface area is 194 Å². The molecule has 0 aliphatic carbocycles. The van der Waals surface area contributed by atoms with Gasteiger partial charge >= 0.3 is 0 Å². The third kappa shape index (κ3) is 4.45.